The molecule has 2 aromatic carbocycles. The molecular formula is C16H10N4O3. The Morgan fingerprint density at radius 2 is 1.74 bits per heavy atom. The van der Waals surface area contributed by atoms with Crippen LogP contribution in [0.15, 0.2) is 57.7 Å². The number of hydrogen-bond donors (Lipinski definition) is 2. The Balaban J connectivity index is 1.86. The summed E-state index contributed by atoms with van der Waals surface area (Å²) in [4.78, 5) is 12.2. The molecule has 0 spiro atoms. The van der Waals surface area contributed by atoms with Gasteiger partial charge in [0.1, 0.15) is 5.58 Å². The van der Waals surface area contributed by atoms with E-state index < -0.39 is 11.2 Å². The Morgan fingerprint density at radius 3 is 2.48 bits per heavy atom. The predicted octanol–water partition coefficient (Wildman–Crippen LogP) is 2.35. The molecule has 0 aliphatic rings. The molecule has 4 aromatic rings. The molecule has 2 heterocycles. The average molecular weight is 306 g/mol. The summed E-state index contributed by atoms with van der Waals surface area (Å²) in [6.45, 7) is 0. The quantitative estimate of drug-likeness (QED) is 0.589. The first-order valence-corrected chi connectivity index (χ1v) is 6.83. The molecule has 4 rings (SSSR count). The molecule has 0 amide bonds. The van der Waals surface area contributed by atoms with Crippen LogP contribution in [-0.2, 0) is 0 Å². The number of H-pyrrole nitrogens is 1. The Labute approximate surface area is 129 Å². The molecule has 0 saturated heterocycles. The van der Waals surface area contributed by atoms with Gasteiger partial charge in [0.2, 0.25) is 11.2 Å². The van der Waals surface area contributed by atoms with Gasteiger partial charge in [0, 0.05) is 11.1 Å². The third-order valence-electron chi connectivity index (χ3n) is 3.54. The van der Waals surface area contributed by atoms with Gasteiger partial charge >= 0.3 is 0 Å². The van der Waals surface area contributed by atoms with E-state index in [0.29, 0.717) is 22.4 Å². The van der Waals surface area contributed by atoms with E-state index in [1.165, 1.54) is 0 Å². The zero-order valence-electron chi connectivity index (χ0n) is 11.7. The lowest BCUT2D eigenvalue weighted by atomic mass is 10.1. The van der Waals surface area contributed by atoms with Crippen LogP contribution in [0.2, 0.25) is 0 Å². The van der Waals surface area contributed by atoms with E-state index in [1.807, 2.05) is 0 Å². The topological polar surface area (TPSA) is 105 Å². The molecular weight excluding hydrogens is 296 g/mol. The lowest BCUT2D eigenvalue weighted by molar-refractivity contribution is 0.449. The fourth-order valence-corrected chi connectivity index (χ4v) is 2.39. The van der Waals surface area contributed by atoms with Crippen LogP contribution in [0.3, 0.4) is 0 Å². The summed E-state index contributed by atoms with van der Waals surface area (Å²) in [6.07, 6.45) is 0. The molecule has 0 aliphatic heterocycles. The summed E-state index contributed by atoms with van der Waals surface area (Å²) in [5, 5.41) is 24.0. The summed E-state index contributed by atoms with van der Waals surface area (Å²) < 4.78 is 5.69. The fourth-order valence-electron chi connectivity index (χ4n) is 2.39. The van der Waals surface area contributed by atoms with Crippen molar-refractivity contribution in [2.24, 2.45) is 0 Å². The normalized spacial score (nSPS) is 11.0. The van der Waals surface area contributed by atoms with Crippen LogP contribution in [0, 0.1) is 0 Å². The van der Waals surface area contributed by atoms with Crippen molar-refractivity contribution < 1.29 is 9.52 Å². The molecule has 23 heavy (non-hydrogen) atoms. The third kappa shape index (κ3) is 2.15. The summed E-state index contributed by atoms with van der Waals surface area (Å²) in [5.41, 5.74) is 1.34. The first-order valence-electron chi connectivity index (χ1n) is 6.83. The van der Waals surface area contributed by atoms with E-state index in [9.17, 15) is 9.90 Å². The number of benzene rings is 2. The van der Waals surface area contributed by atoms with Crippen molar-refractivity contribution in [2.45, 2.75) is 0 Å². The molecule has 2 N–H and O–H groups in total. The maximum absolute atomic E-state index is 12.2. The number of para-hydroxylation sites is 1. The number of fused-ring (bicyclic) bond motifs is 1. The molecule has 2 aromatic heterocycles. The SMILES string of the molecule is O=c1c(O)c(-c2ccc(-c3nnn[nH]3)cc2)oc2ccccc12. The average Bonchev–Trinajstić information content (AvgIpc) is 3.13. The number of nitrogens with one attached hydrogen (secondary N) is 1. The predicted molar refractivity (Wildman–Crippen MR) is 82.8 cm³/mol. The number of aromatic hydroxyl groups is 1. The number of rotatable bonds is 2. The monoisotopic (exact) mass is 306 g/mol. The number of hydrogen-bond acceptors (Lipinski definition) is 6. The van der Waals surface area contributed by atoms with Crippen molar-refractivity contribution in [3.63, 3.8) is 0 Å². The highest BCUT2D eigenvalue weighted by Gasteiger charge is 2.15. The van der Waals surface area contributed by atoms with E-state index in [-0.39, 0.29) is 5.76 Å². The van der Waals surface area contributed by atoms with Gasteiger partial charge in [0.05, 0.1) is 5.39 Å². The summed E-state index contributed by atoms with van der Waals surface area (Å²) >= 11 is 0. The van der Waals surface area contributed by atoms with Gasteiger partial charge in [0.15, 0.2) is 11.6 Å². The van der Waals surface area contributed by atoms with Gasteiger partial charge in [-0.05, 0) is 22.6 Å². The van der Waals surface area contributed by atoms with E-state index in [1.54, 1.807) is 48.5 Å². The summed E-state index contributed by atoms with van der Waals surface area (Å²) in [7, 11) is 0. The zero-order chi connectivity index (χ0) is 15.8. The minimum absolute atomic E-state index is 0.135. The molecule has 0 atom stereocenters. The van der Waals surface area contributed by atoms with E-state index >= 15 is 0 Å². The highest BCUT2D eigenvalue weighted by atomic mass is 16.4. The lowest BCUT2D eigenvalue weighted by Crippen LogP contribution is -2.02. The Hall–Kier alpha value is -3.48. The van der Waals surface area contributed by atoms with E-state index in [2.05, 4.69) is 20.6 Å². The Bertz CT molecular complexity index is 1040. The molecule has 0 saturated carbocycles. The molecule has 0 bridgehead atoms. The van der Waals surface area contributed by atoms with Crippen molar-refractivity contribution in [3.05, 3.63) is 58.8 Å². The number of tetrazole rings is 1. The van der Waals surface area contributed by atoms with Crippen LogP contribution in [0.25, 0.3) is 33.7 Å². The van der Waals surface area contributed by atoms with Gasteiger partial charge in [-0.3, -0.25) is 4.79 Å². The minimum Gasteiger partial charge on any atom is -0.502 e. The molecule has 0 unspecified atom stereocenters. The van der Waals surface area contributed by atoms with Crippen LogP contribution in [-0.4, -0.2) is 25.7 Å². The van der Waals surface area contributed by atoms with Gasteiger partial charge in [-0.2, -0.15) is 0 Å². The van der Waals surface area contributed by atoms with E-state index in [4.69, 9.17) is 4.42 Å². The maximum Gasteiger partial charge on any atom is 0.235 e. The van der Waals surface area contributed by atoms with Crippen LogP contribution in [0.1, 0.15) is 0 Å². The smallest absolute Gasteiger partial charge is 0.235 e. The highest BCUT2D eigenvalue weighted by molar-refractivity contribution is 5.81. The van der Waals surface area contributed by atoms with Crippen molar-refractivity contribution >= 4 is 11.0 Å². The summed E-state index contributed by atoms with van der Waals surface area (Å²) in [5.74, 6) is 0.259. The highest BCUT2D eigenvalue weighted by Crippen LogP contribution is 2.30. The van der Waals surface area contributed by atoms with Crippen LogP contribution in [0.4, 0.5) is 0 Å². The Kier molecular flexibility index (Phi) is 2.90. The first-order chi connectivity index (χ1) is 11.2. The van der Waals surface area contributed by atoms with Gasteiger partial charge in [-0.15, -0.1) is 5.10 Å². The van der Waals surface area contributed by atoms with Crippen molar-refractivity contribution in [1.29, 1.82) is 0 Å². The van der Waals surface area contributed by atoms with E-state index in [0.717, 1.165) is 5.56 Å². The van der Waals surface area contributed by atoms with Gasteiger partial charge < -0.3 is 9.52 Å². The Morgan fingerprint density at radius 1 is 1.00 bits per heavy atom. The van der Waals surface area contributed by atoms with Crippen LogP contribution >= 0.6 is 0 Å². The molecule has 0 fully saturated rings. The molecule has 0 aliphatic carbocycles. The second-order valence-corrected chi connectivity index (χ2v) is 4.93. The van der Waals surface area contributed by atoms with Gasteiger partial charge in [-0.25, -0.2) is 5.10 Å². The van der Waals surface area contributed by atoms with Crippen LogP contribution < -0.4 is 5.43 Å². The minimum atomic E-state index is -0.453. The second-order valence-electron chi connectivity index (χ2n) is 4.93. The fraction of sp³-hybridized carbons (Fsp3) is 0. The third-order valence-corrected chi connectivity index (χ3v) is 3.54. The van der Waals surface area contributed by atoms with Crippen molar-refractivity contribution in [3.8, 4) is 28.5 Å². The van der Waals surface area contributed by atoms with Crippen molar-refractivity contribution in [1.82, 2.24) is 20.6 Å². The zero-order valence-corrected chi connectivity index (χ0v) is 11.7. The summed E-state index contributed by atoms with van der Waals surface area (Å²) in [6, 6.07) is 13.8. The maximum atomic E-state index is 12.2. The number of aromatic nitrogens is 4. The largest absolute Gasteiger partial charge is 0.502 e. The first kappa shape index (κ1) is 13.2. The molecule has 112 valence electrons. The molecule has 7 heteroatoms. The lowest BCUT2D eigenvalue weighted by Gasteiger charge is -2.06. The second kappa shape index (κ2) is 5.06. The van der Waals surface area contributed by atoms with Crippen LogP contribution in [0.5, 0.6) is 5.75 Å². The number of nitrogens with zero attached hydrogens (tertiary/aromatic N) is 3. The standard InChI is InChI=1S/C16H10N4O3/c21-13-11-3-1-2-4-12(11)23-15(14(13)22)9-5-7-10(8-6-9)16-17-19-20-18-16/h1-8,22H,(H,17,18,19,20). The van der Waals surface area contributed by atoms with Gasteiger partial charge in [0.25, 0.3) is 0 Å². The van der Waals surface area contributed by atoms with Crippen molar-refractivity contribution in [2.75, 3.05) is 0 Å². The van der Waals surface area contributed by atoms with Gasteiger partial charge in [-0.1, -0.05) is 36.4 Å². The number of aromatic amines is 1. The molecule has 7 nitrogen and oxygen atoms in total. The molecule has 0 radical (unpaired) electrons.